The number of alkyl halides is 3. The second kappa shape index (κ2) is 9.46. The van der Waals surface area contributed by atoms with Crippen LogP contribution in [0.2, 0.25) is 0 Å². The van der Waals surface area contributed by atoms with Crippen molar-refractivity contribution < 1.29 is 27.8 Å². The quantitative estimate of drug-likeness (QED) is 0.639. The van der Waals surface area contributed by atoms with Crippen molar-refractivity contribution in [2.75, 3.05) is 6.61 Å². The molecule has 0 spiro atoms. The lowest BCUT2D eigenvalue weighted by atomic mass is 10.1. The van der Waals surface area contributed by atoms with Gasteiger partial charge in [0.25, 0.3) is 0 Å². The summed E-state index contributed by atoms with van der Waals surface area (Å²) in [5.41, 5.74) is 0.0621. The van der Waals surface area contributed by atoms with E-state index in [1.807, 2.05) is 0 Å². The van der Waals surface area contributed by atoms with Gasteiger partial charge in [-0.15, -0.1) is 0 Å². The van der Waals surface area contributed by atoms with Crippen LogP contribution in [-0.4, -0.2) is 17.7 Å². The molecule has 0 radical (unpaired) electrons. The SMILES string of the molecule is O=C(O)CCCCCCCOCc1ccc(C(F)(F)F)cc1. The number of hydrogen-bond donors (Lipinski definition) is 1. The molecule has 0 aliphatic rings. The molecule has 0 bridgehead atoms. The van der Waals surface area contributed by atoms with Crippen molar-refractivity contribution >= 4 is 5.97 Å². The summed E-state index contributed by atoms with van der Waals surface area (Å²) in [7, 11) is 0. The molecule has 0 amide bonds. The second-order valence-electron chi connectivity index (χ2n) is 5.16. The fourth-order valence-corrected chi connectivity index (χ4v) is 1.99. The predicted octanol–water partition coefficient (Wildman–Crippen LogP) is 4.65. The molecule has 0 aliphatic heterocycles. The average Bonchev–Trinajstić information content (AvgIpc) is 2.45. The fraction of sp³-hybridized carbons (Fsp3) is 0.562. The molecule has 0 fully saturated rings. The summed E-state index contributed by atoms with van der Waals surface area (Å²) in [5.74, 6) is -0.764. The van der Waals surface area contributed by atoms with Crippen molar-refractivity contribution in [2.45, 2.75) is 51.3 Å². The van der Waals surface area contributed by atoms with Crippen molar-refractivity contribution in [1.82, 2.24) is 0 Å². The van der Waals surface area contributed by atoms with Crippen LogP contribution in [0.3, 0.4) is 0 Å². The van der Waals surface area contributed by atoms with Crippen molar-refractivity contribution in [3.05, 3.63) is 35.4 Å². The van der Waals surface area contributed by atoms with Gasteiger partial charge in [0.1, 0.15) is 0 Å². The maximum Gasteiger partial charge on any atom is 0.416 e. The molecule has 1 aromatic carbocycles. The van der Waals surface area contributed by atoms with E-state index in [-0.39, 0.29) is 6.42 Å². The molecule has 6 heteroatoms. The Labute approximate surface area is 128 Å². The summed E-state index contributed by atoms with van der Waals surface area (Å²) in [6.45, 7) is 0.858. The molecule has 0 aromatic heterocycles. The Morgan fingerprint density at radius 2 is 1.59 bits per heavy atom. The number of carboxylic acids is 1. The number of halogens is 3. The minimum atomic E-state index is -4.31. The topological polar surface area (TPSA) is 46.5 Å². The lowest BCUT2D eigenvalue weighted by Crippen LogP contribution is -2.04. The van der Waals surface area contributed by atoms with E-state index >= 15 is 0 Å². The Morgan fingerprint density at radius 3 is 2.18 bits per heavy atom. The van der Waals surface area contributed by atoms with Crippen molar-refractivity contribution in [3.8, 4) is 0 Å². The van der Waals surface area contributed by atoms with Crippen LogP contribution in [0, 0.1) is 0 Å². The van der Waals surface area contributed by atoms with Crippen LogP contribution in [0.5, 0.6) is 0 Å². The third-order valence-corrected chi connectivity index (χ3v) is 3.23. The highest BCUT2D eigenvalue weighted by molar-refractivity contribution is 5.66. The zero-order valence-electron chi connectivity index (χ0n) is 12.4. The normalized spacial score (nSPS) is 11.6. The molecule has 3 nitrogen and oxygen atoms in total. The summed E-state index contributed by atoms with van der Waals surface area (Å²) in [5, 5.41) is 8.47. The van der Waals surface area contributed by atoms with Crippen LogP contribution in [0.25, 0.3) is 0 Å². The van der Waals surface area contributed by atoms with Crippen molar-refractivity contribution in [3.63, 3.8) is 0 Å². The highest BCUT2D eigenvalue weighted by Crippen LogP contribution is 2.29. The highest BCUT2D eigenvalue weighted by atomic mass is 19.4. The number of hydrogen-bond acceptors (Lipinski definition) is 2. The maximum atomic E-state index is 12.4. The van der Waals surface area contributed by atoms with Gasteiger partial charge in [0.2, 0.25) is 0 Å². The number of carboxylic acid groups (broad SMARTS) is 1. The number of ether oxygens (including phenoxy) is 1. The largest absolute Gasteiger partial charge is 0.481 e. The predicted molar refractivity (Wildman–Crippen MR) is 76.4 cm³/mol. The molecule has 0 heterocycles. The van der Waals surface area contributed by atoms with E-state index in [9.17, 15) is 18.0 Å². The Balaban J connectivity index is 2.06. The van der Waals surface area contributed by atoms with Gasteiger partial charge in [-0.05, 0) is 30.5 Å². The van der Waals surface area contributed by atoms with Crippen LogP contribution in [-0.2, 0) is 22.3 Å². The molecule has 22 heavy (non-hydrogen) atoms. The molecule has 1 rings (SSSR count). The van der Waals surface area contributed by atoms with Gasteiger partial charge < -0.3 is 9.84 Å². The van der Waals surface area contributed by atoms with Crippen molar-refractivity contribution in [2.24, 2.45) is 0 Å². The van der Waals surface area contributed by atoms with E-state index in [1.165, 1.54) is 12.1 Å². The first kappa shape index (κ1) is 18.5. The Morgan fingerprint density at radius 1 is 1.00 bits per heavy atom. The van der Waals surface area contributed by atoms with Crippen molar-refractivity contribution in [1.29, 1.82) is 0 Å². The molecule has 0 unspecified atom stereocenters. The van der Waals surface area contributed by atoms with Gasteiger partial charge in [0.15, 0.2) is 0 Å². The summed E-state index contributed by atoms with van der Waals surface area (Å²) in [4.78, 5) is 10.3. The van der Waals surface area contributed by atoms with Crippen LogP contribution in [0.4, 0.5) is 13.2 Å². The molecule has 124 valence electrons. The maximum absolute atomic E-state index is 12.4. The van der Waals surface area contributed by atoms with Crippen LogP contribution in [0.15, 0.2) is 24.3 Å². The molecular formula is C16H21F3O3. The Kier molecular flexibility index (Phi) is 7.95. The van der Waals surface area contributed by atoms with E-state index in [2.05, 4.69) is 0 Å². The molecule has 1 N–H and O–H groups in total. The lowest BCUT2D eigenvalue weighted by Gasteiger charge is -2.08. The molecule has 0 saturated heterocycles. The van der Waals surface area contributed by atoms with Gasteiger partial charge in [-0.1, -0.05) is 31.4 Å². The fourth-order valence-electron chi connectivity index (χ4n) is 1.99. The first-order chi connectivity index (χ1) is 10.4. The Bertz CT molecular complexity index is 441. The monoisotopic (exact) mass is 318 g/mol. The third-order valence-electron chi connectivity index (χ3n) is 3.23. The number of rotatable bonds is 10. The summed E-state index contributed by atoms with van der Waals surface area (Å²) < 4.78 is 42.6. The third kappa shape index (κ3) is 8.02. The molecule has 0 atom stereocenters. The summed E-state index contributed by atoms with van der Waals surface area (Å²) >= 11 is 0. The molecule has 1 aromatic rings. The van der Waals surface area contributed by atoms with Gasteiger partial charge in [0.05, 0.1) is 12.2 Å². The van der Waals surface area contributed by atoms with E-state index < -0.39 is 17.7 Å². The van der Waals surface area contributed by atoms with Gasteiger partial charge in [-0.3, -0.25) is 4.79 Å². The van der Waals surface area contributed by atoms with E-state index in [1.54, 1.807) is 0 Å². The average molecular weight is 318 g/mol. The smallest absolute Gasteiger partial charge is 0.416 e. The minimum absolute atomic E-state index is 0.213. The highest BCUT2D eigenvalue weighted by Gasteiger charge is 2.29. The second-order valence-corrected chi connectivity index (χ2v) is 5.16. The van der Waals surface area contributed by atoms with Gasteiger partial charge in [-0.2, -0.15) is 13.2 Å². The lowest BCUT2D eigenvalue weighted by molar-refractivity contribution is -0.138. The number of aliphatic carboxylic acids is 1. The first-order valence-electron chi connectivity index (χ1n) is 7.35. The minimum Gasteiger partial charge on any atom is -0.481 e. The zero-order valence-corrected chi connectivity index (χ0v) is 12.4. The summed E-state index contributed by atoms with van der Waals surface area (Å²) in [6.07, 6.45) is 0.300. The van der Waals surface area contributed by atoms with Crippen LogP contribution >= 0.6 is 0 Å². The van der Waals surface area contributed by atoms with Gasteiger partial charge >= 0.3 is 12.1 Å². The molecule has 0 aliphatic carbocycles. The van der Waals surface area contributed by atoms with Crippen LogP contribution < -0.4 is 0 Å². The summed E-state index contributed by atoms with van der Waals surface area (Å²) in [6, 6.07) is 4.96. The standard InChI is InChI=1S/C16H21F3O3/c17-16(18,19)14-9-7-13(8-10-14)12-22-11-5-3-1-2-4-6-15(20)21/h7-10H,1-6,11-12H2,(H,20,21). The molecule has 0 saturated carbocycles. The van der Waals surface area contributed by atoms with Gasteiger partial charge in [-0.25, -0.2) is 0 Å². The van der Waals surface area contributed by atoms with E-state index in [0.717, 1.165) is 43.4 Å². The van der Waals surface area contributed by atoms with E-state index in [4.69, 9.17) is 9.84 Å². The number of carbonyl (C=O) groups is 1. The number of unbranched alkanes of at least 4 members (excludes halogenated alkanes) is 4. The number of benzene rings is 1. The van der Waals surface area contributed by atoms with Gasteiger partial charge in [0, 0.05) is 13.0 Å². The van der Waals surface area contributed by atoms with E-state index in [0.29, 0.717) is 19.6 Å². The molecular weight excluding hydrogens is 297 g/mol. The first-order valence-corrected chi connectivity index (χ1v) is 7.35. The van der Waals surface area contributed by atoms with Crippen LogP contribution in [0.1, 0.15) is 49.7 Å². The zero-order chi connectivity index (χ0) is 16.4. The Hall–Kier alpha value is -1.56.